The molecule has 1 rings (SSSR count). The normalized spacial score (nSPS) is 10.9. The molecule has 0 bridgehead atoms. The van der Waals surface area contributed by atoms with Gasteiger partial charge < -0.3 is 15.2 Å². The predicted octanol–water partition coefficient (Wildman–Crippen LogP) is 1.38. The van der Waals surface area contributed by atoms with Gasteiger partial charge in [0.15, 0.2) is 0 Å². The van der Waals surface area contributed by atoms with Crippen molar-refractivity contribution >= 4 is 11.9 Å². The number of carboxylic acid groups (broad SMARTS) is 1. The molecule has 118 valence electrons. The highest BCUT2D eigenvalue weighted by molar-refractivity contribution is 5.95. The zero-order valence-electron chi connectivity index (χ0n) is 12.8. The van der Waals surface area contributed by atoms with Gasteiger partial charge in [0.05, 0.1) is 24.4 Å². The number of carbonyl (C=O) groups excluding carboxylic acids is 1. The van der Waals surface area contributed by atoms with Gasteiger partial charge in [-0.2, -0.15) is 5.10 Å². The van der Waals surface area contributed by atoms with E-state index in [9.17, 15) is 9.59 Å². The van der Waals surface area contributed by atoms with Gasteiger partial charge in [-0.1, -0.05) is 13.8 Å². The van der Waals surface area contributed by atoms with Crippen molar-refractivity contribution in [2.45, 2.75) is 39.7 Å². The van der Waals surface area contributed by atoms with Crippen molar-refractivity contribution in [3.05, 3.63) is 17.5 Å². The molecule has 1 heterocycles. The number of carbonyl (C=O) groups is 2. The van der Waals surface area contributed by atoms with Crippen LogP contribution in [0.2, 0.25) is 0 Å². The maximum Gasteiger partial charge on any atom is 0.329 e. The Balaban J connectivity index is 2.53. The van der Waals surface area contributed by atoms with Crippen molar-refractivity contribution in [3.8, 4) is 0 Å². The van der Waals surface area contributed by atoms with Crippen LogP contribution in [-0.2, 0) is 9.53 Å². The fourth-order valence-electron chi connectivity index (χ4n) is 2.14. The van der Waals surface area contributed by atoms with Crippen LogP contribution >= 0.6 is 0 Å². The van der Waals surface area contributed by atoms with Crippen LogP contribution in [0.15, 0.2) is 6.20 Å². The summed E-state index contributed by atoms with van der Waals surface area (Å²) >= 11 is 0. The lowest BCUT2D eigenvalue weighted by Gasteiger charge is -2.15. The SMILES string of the molecule is CCC(CC)n1ncc(C(=O)NCCOCC(=O)O)c1C. The molecule has 1 aromatic heterocycles. The monoisotopic (exact) mass is 297 g/mol. The molecule has 0 saturated carbocycles. The van der Waals surface area contributed by atoms with E-state index in [0.29, 0.717) is 11.6 Å². The second-order valence-corrected chi connectivity index (χ2v) is 4.76. The summed E-state index contributed by atoms with van der Waals surface area (Å²) in [4.78, 5) is 22.3. The van der Waals surface area contributed by atoms with Crippen LogP contribution in [0, 0.1) is 6.92 Å². The largest absolute Gasteiger partial charge is 0.480 e. The molecule has 0 aliphatic carbocycles. The molecule has 0 atom stereocenters. The van der Waals surface area contributed by atoms with Crippen LogP contribution < -0.4 is 5.32 Å². The fraction of sp³-hybridized carbons (Fsp3) is 0.643. The Bertz CT molecular complexity index is 481. The third-order valence-corrected chi connectivity index (χ3v) is 3.34. The molecule has 1 aromatic rings. The molecule has 0 aromatic carbocycles. The van der Waals surface area contributed by atoms with Crippen LogP contribution in [-0.4, -0.2) is 46.5 Å². The summed E-state index contributed by atoms with van der Waals surface area (Å²) in [6.07, 6.45) is 3.49. The molecule has 0 fully saturated rings. The summed E-state index contributed by atoms with van der Waals surface area (Å²) in [5.41, 5.74) is 1.38. The average Bonchev–Trinajstić information content (AvgIpc) is 2.82. The maximum atomic E-state index is 12.0. The van der Waals surface area contributed by atoms with Gasteiger partial charge >= 0.3 is 5.97 Å². The summed E-state index contributed by atoms with van der Waals surface area (Å²) in [7, 11) is 0. The summed E-state index contributed by atoms with van der Waals surface area (Å²) in [5.74, 6) is -1.24. The number of hydrogen-bond acceptors (Lipinski definition) is 4. The Hall–Kier alpha value is -1.89. The Morgan fingerprint density at radius 2 is 2.10 bits per heavy atom. The van der Waals surface area contributed by atoms with E-state index in [1.807, 2.05) is 11.6 Å². The lowest BCUT2D eigenvalue weighted by Crippen LogP contribution is -2.28. The van der Waals surface area contributed by atoms with E-state index in [-0.39, 0.29) is 25.7 Å². The number of nitrogens with one attached hydrogen (secondary N) is 1. The third-order valence-electron chi connectivity index (χ3n) is 3.34. The number of hydrogen-bond donors (Lipinski definition) is 2. The standard InChI is InChI=1S/C14H23N3O4/c1-4-11(5-2)17-10(3)12(8-16-17)14(20)15-6-7-21-9-13(18)19/h8,11H,4-7,9H2,1-3H3,(H,15,20)(H,18,19). The van der Waals surface area contributed by atoms with Gasteiger partial charge in [-0.05, 0) is 19.8 Å². The number of rotatable bonds is 9. The fourth-order valence-corrected chi connectivity index (χ4v) is 2.14. The molecular weight excluding hydrogens is 274 g/mol. The molecule has 2 N–H and O–H groups in total. The molecule has 1 amide bonds. The number of aromatic nitrogens is 2. The number of ether oxygens (including phenoxy) is 1. The second-order valence-electron chi connectivity index (χ2n) is 4.76. The molecule has 0 saturated heterocycles. The van der Waals surface area contributed by atoms with Gasteiger partial charge in [0, 0.05) is 12.2 Å². The maximum absolute atomic E-state index is 12.0. The highest BCUT2D eigenvalue weighted by Gasteiger charge is 2.17. The van der Waals surface area contributed by atoms with Gasteiger partial charge in [-0.25, -0.2) is 4.79 Å². The number of amides is 1. The zero-order valence-corrected chi connectivity index (χ0v) is 12.8. The van der Waals surface area contributed by atoms with Crippen molar-refractivity contribution < 1.29 is 19.4 Å². The third kappa shape index (κ3) is 4.86. The first-order valence-corrected chi connectivity index (χ1v) is 7.13. The van der Waals surface area contributed by atoms with Crippen LogP contribution in [0.1, 0.15) is 48.8 Å². The van der Waals surface area contributed by atoms with E-state index in [2.05, 4.69) is 24.3 Å². The van der Waals surface area contributed by atoms with Gasteiger partial charge in [-0.3, -0.25) is 9.48 Å². The molecule has 7 heteroatoms. The van der Waals surface area contributed by atoms with E-state index in [4.69, 9.17) is 9.84 Å². The Morgan fingerprint density at radius 1 is 1.43 bits per heavy atom. The first kappa shape index (κ1) is 17.2. The Labute approximate surface area is 124 Å². The number of aliphatic carboxylic acids is 1. The highest BCUT2D eigenvalue weighted by atomic mass is 16.5. The molecule has 0 unspecified atom stereocenters. The second kappa shape index (κ2) is 8.41. The predicted molar refractivity (Wildman–Crippen MR) is 77.4 cm³/mol. The van der Waals surface area contributed by atoms with Crippen molar-refractivity contribution in [1.82, 2.24) is 15.1 Å². The van der Waals surface area contributed by atoms with E-state index < -0.39 is 5.97 Å². The van der Waals surface area contributed by atoms with Crippen molar-refractivity contribution in [2.75, 3.05) is 19.8 Å². The molecule has 0 aliphatic heterocycles. The van der Waals surface area contributed by atoms with E-state index >= 15 is 0 Å². The summed E-state index contributed by atoms with van der Waals surface area (Å²) in [5, 5.41) is 15.4. The van der Waals surface area contributed by atoms with Gasteiger partial charge in [-0.15, -0.1) is 0 Å². The van der Waals surface area contributed by atoms with Crippen LogP contribution in [0.3, 0.4) is 0 Å². The minimum Gasteiger partial charge on any atom is -0.480 e. The highest BCUT2D eigenvalue weighted by Crippen LogP contribution is 2.19. The van der Waals surface area contributed by atoms with Gasteiger partial charge in [0.1, 0.15) is 6.61 Å². The molecule has 0 aliphatic rings. The zero-order chi connectivity index (χ0) is 15.8. The average molecular weight is 297 g/mol. The minimum absolute atomic E-state index is 0.164. The molecule has 0 radical (unpaired) electrons. The van der Waals surface area contributed by atoms with Gasteiger partial charge in [0.2, 0.25) is 0 Å². The minimum atomic E-state index is -1.02. The molecule has 0 spiro atoms. The number of carboxylic acids is 1. The van der Waals surface area contributed by atoms with Crippen LogP contribution in [0.5, 0.6) is 0 Å². The van der Waals surface area contributed by atoms with Crippen molar-refractivity contribution in [1.29, 1.82) is 0 Å². The van der Waals surface area contributed by atoms with Crippen molar-refractivity contribution in [3.63, 3.8) is 0 Å². The first-order valence-electron chi connectivity index (χ1n) is 7.13. The van der Waals surface area contributed by atoms with Crippen LogP contribution in [0.4, 0.5) is 0 Å². The Kier molecular flexibility index (Phi) is 6.87. The smallest absolute Gasteiger partial charge is 0.329 e. The quantitative estimate of drug-likeness (QED) is 0.672. The van der Waals surface area contributed by atoms with Gasteiger partial charge in [0.25, 0.3) is 5.91 Å². The van der Waals surface area contributed by atoms with E-state index in [0.717, 1.165) is 18.5 Å². The first-order chi connectivity index (χ1) is 10.0. The molecule has 7 nitrogen and oxygen atoms in total. The Morgan fingerprint density at radius 3 is 2.67 bits per heavy atom. The topological polar surface area (TPSA) is 93.5 Å². The van der Waals surface area contributed by atoms with Crippen LogP contribution in [0.25, 0.3) is 0 Å². The molecule has 21 heavy (non-hydrogen) atoms. The summed E-state index contributed by atoms with van der Waals surface area (Å²) in [6, 6.07) is 0.297. The van der Waals surface area contributed by atoms with Crippen molar-refractivity contribution in [2.24, 2.45) is 0 Å². The lowest BCUT2D eigenvalue weighted by molar-refractivity contribution is -0.142. The van der Waals surface area contributed by atoms with E-state index in [1.165, 1.54) is 0 Å². The number of nitrogens with zero attached hydrogens (tertiary/aromatic N) is 2. The van der Waals surface area contributed by atoms with E-state index in [1.54, 1.807) is 6.20 Å². The molecular formula is C14H23N3O4. The summed E-state index contributed by atoms with van der Waals surface area (Å²) in [6.45, 7) is 6.13. The lowest BCUT2D eigenvalue weighted by atomic mass is 10.1. The summed E-state index contributed by atoms with van der Waals surface area (Å²) < 4.78 is 6.74.